The molecule has 0 aliphatic heterocycles. The lowest BCUT2D eigenvalue weighted by Gasteiger charge is -2.07. The van der Waals surface area contributed by atoms with Crippen LogP contribution in [0.25, 0.3) is 0 Å². The fourth-order valence-corrected chi connectivity index (χ4v) is 3.10. The minimum atomic E-state index is -3.26. The summed E-state index contributed by atoms with van der Waals surface area (Å²) in [5, 5.41) is 0. The number of hydrogen-bond donors (Lipinski definition) is 1. The van der Waals surface area contributed by atoms with E-state index in [1.165, 1.54) is 12.8 Å². The molecule has 1 aliphatic carbocycles. The van der Waals surface area contributed by atoms with Gasteiger partial charge >= 0.3 is 0 Å². The molecule has 2 N–H and O–H groups in total. The summed E-state index contributed by atoms with van der Waals surface area (Å²) in [5.74, 6) is 0.851. The molecule has 5 heteroatoms. The van der Waals surface area contributed by atoms with Crippen LogP contribution in [0, 0.1) is 5.92 Å². The van der Waals surface area contributed by atoms with Crippen molar-refractivity contribution in [2.75, 3.05) is 19.0 Å². The van der Waals surface area contributed by atoms with Gasteiger partial charge in [-0.15, -0.1) is 0 Å². The number of ether oxygens (including phenoxy) is 1. The number of hydrogen-bond acceptors (Lipinski definition) is 4. The number of sulfone groups is 1. The molecular formula is C14H21NO3S. The van der Waals surface area contributed by atoms with Crippen LogP contribution in [0.1, 0.15) is 24.8 Å². The first-order chi connectivity index (χ1) is 9.12. The molecule has 106 valence electrons. The predicted molar refractivity (Wildman–Crippen MR) is 74.5 cm³/mol. The van der Waals surface area contributed by atoms with E-state index >= 15 is 0 Å². The molecule has 0 bridgehead atoms. The van der Waals surface area contributed by atoms with Crippen LogP contribution in [0.3, 0.4) is 0 Å². The average Bonchev–Trinajstić information content (AvgIpc) is 3.22. The Labute approximate surface area is 114 Å². The average molecular weight is 283 g/mol. The van der Waals surface area contributed by atoms with E-state index in [0.29, 0.717) is 18.0 Å². The highest BCUT2D eigenvalue weighted by Gasteiger charge is 2.20. The third kappa shape index (κ3) is 4.60. The van der Waals surface area contributed by atoms with E-state index in [9.17, 15) is 8.42 Å². The van der Waals surface area contributed by atoms with Crippen molar-refractivity contribution in [3.63, 3.8) is 0 Å². The lowest BCUT2D eigenvalue weighted by molar-refractivity contribution is 0.142. The van der Waals surface area contributed by atoms with Crippen LogP contribution in [-0.2, 0) is 21.1 Å². The SMILES string of the molecule is NCc1cccc(S(=O)(=O)CCOCCC2CC2)c1. The molecule has 19 heavy (non-hydrogen) atoms. The maximum Gasteiger partial charge on any atom is 0.180 e. The first kappa shape index (κ1) is 14.5. The number of rotatable bonds is 8. The highest BCUT2D eigenvalue weighted by molar-refractivity contribution is 7.91. The minimum absolute atomic E-state index is 0.0334. The van der Waals surface area contributed by atoms with Crippen molar-refractivity contribution in [1.29, 1.82) is 0 Å². The normalized spacial score (nSPS) is 15.6. The molecule has 1 aromatic carbocycles. The van der Waals surface area contributed by atoms with E-state index in [2.05, 4.69) is 0 Å². The Morgan fingerprint density at radius 2 is 2.05 bits per heavy atom. The zero-order chi connectivity index (χ0) is 13.7. The van der Waals surface area contributed by atoms with Crippen molar-refractivity contribution in [3.8, 4) is 0 Å². The minimum Gasteiger partial charge on any atom is -0.380 e. The molecule has 1 aromatic rings. The predicted octanol–water partition coefficient (Wildman–Crippen LogP) is 1.74. The number of benzene rings is 1. The van der Waals surface area contributed by atoms with E-state index in [1.54, 1.807) is 18.2 Å². The summed E-state index contributed by atoms with van der Waals surface area (Å²) in [6.07, 6.45) is 3.66. The molecule has 0 radical (unpaired) electrons. The maximum atomic E-state index is 12.1. The molecule has 0 unspecified atom stereocenters. The molecule has 2 rings (SSSR count). The van der Waals surface area contributed by atoms with Crippen LogP contribution < -0.4 is 5.73 Å². The van der Waals surface area contributed by atoms with Gasteiger partial charge in [-0.1, -0.05) is 25.0 Å². The maximum absolute atomic E-state index is 12.1. The fourth-order valence-electron chi connectivity index (χ4n) is 1.91. The van der Waals surface area contributed by atoms with Gasteiger partial charge in [0.15, 0.2) is 9.84 Å². The van der Waals surface area contributed by atoms with Gasteiger partial charge in [-0.25, -0.2) is 8.42 Å². The molecule has 0 saturated heterocycles. The second kappa shape index (κ2) is 6.50. The van der Waals surface area contributed by atoms with Gasteiger partial charge < -0.3 is 10.5 Å². The van der Waals surface area contributed by atoms with Crippen molar-refractivity contribution in [3.05, 3.63) is 29.8 Å². The van der Waals surface area contributed by atoms with Crippen molar-refractivity contribution >= 4 is 9.84 Å². The Kier molecular flexibility index (Phi) is 4.96. The van der Waals surface area contributed by atoms with Gasteiger partial charge in [-0.05, 0) is 30.0 Å². The number of nitrogens with two attached hydrogens (primary N) is 1. The van der Waals surface area contributed by atoms with Crippen molar-refractivity contribution in [2.24, 2.45) is 11.7 Å². The monoisotopic (exact) mass is 283 g/mol. The third-order valence-corrected chi connectivity index (χ3v) is 5.03. The summed E-state index contributed by atoms with van der Waals surface area (Å²) in [6, 6.07) is 6.80. The van der Waals surface area contributed by atoms with Gasteiger partial charge in [0, 0.05) is 13.2 Å². The second-order valence-corrected chi connectivity index (χ2v) is 7.12. The molecule has 0 atom stereocenters. The van der Waals surface area contributed by atoms with Crippen molar-refractivity contribution in [2.45, 2.75) is 30.7 Å². The van der Waals surface area contributed by atoms with Gasteiger partial charge in [0.25, 0.3) is 0 Å². The molecule has 4 nitrogen and oxygen atoms in total. The Hall–Kier alpha value is -0.910. The van der Waals surface area contributed by atoms with Crippen LogP contribution in [-0.4, -0.2) is 27.4 Å². The second-order valence-electron chi connectivity index (χ2n) is 5.01. The van der Waals surface area contributed by atoms with E-state index in [0.717, 1.165) is 17.9 Å². The van der Waals surface area contributed by atoms with E-state index in [4.69, 9.17) is 10.5 Å². The van der Waals surface area contributed by atoms with Crippen LogP contribution in [0.2, 0.25) is 0 Å². The van der Waals surface area contributed by atoms with Gasteiger partial charge in [0.1, 0.15) is 0 Å². The highest BCUT2D eigenvalue weighted by atomic mass is 32.2. The summed E-state index contributed by atoms with van der Waals surface area (Å²) in [6.45, 7) is 1.28. The van der Waals surface area contributed by atoms with Crippen molar-refractivity contribution < 1.29 is 13.2 Å². The third-order valence-electron chi connectivity index (χ3n) is 3.36. The van der Waals surface area contributed by atoms with Gasteiger partial charge in [0.05, 0.1) is 17.3 Å². The standard InChI is InChI=1S/C14H21NO3S/c15-11-13-2-1-3-14(10-13)19(16,17)9-8-18-7-6-12-4-5-12/h1-3,10,12H,4-9,11,15H2. The molecule has 0 spiro atoms. The molecule has 1 fully saturated rings. The molecule has 0 amide bonds. The summed E-state index contributed by atoms with van der Waals surface area (Å²) in [7, 11) is -3.26. The zero-order valence-electron chi connectivity index (χ0n) is 11.0. The Morgan fingerprint density at radius 1 is 1.26 bits per heavy atom. The van der Waals surface area contributed by atoms with E-state index in [1.807, 2.05) is 6.07 Å². The van der Waals surface area contributed by atoms with E-state index in [-0.39, 0.29) is 12.4 Å². The van der Waals surface area contributed by atoms with Crippen LogP contribution in [0.4, 0.5) is 0 Å². The van der Waals surface area contributed by atoms with Gasteiger partial charge in [0.2, 0.25) is 0 Å². The Balaban J connectivity index is 1.82. The summed E-state index contributed by atoms with van der Waals surface area (Å²) < 4.78 is 29.6. The first-order valence-electron chi connectivity index (χ1n) is 6.71. The van der Waals surface area contributed by atoms with Gasteiger partial charge in [-0.3, -0.25) is 0 Å². The molecule has 1 aliphatic rings. The van der Waals surface area contributed by atoms with E-state index < -0.39 is 9.84 Å². The van der Waals surface area contributed by atoms with Gasteiger partial charge in [-0.2, -0.15) is 0 Å². The quantitative estimate of drug-likeness (QED) is 0.738. The summed E-state index contributed by atoms with van der Waals surface area (Å²) in [4.78, 5) is 0.334. The van der Waals surface area contributed by atoms with Crippen molar-refractivity contribution in [1.82, 2.24) is 0 Å². The van der Waals surface area contributed by atoms with Crippen LogP contribution in [0.15, 0.2) is 29.2 Å². The Morgan fingerprint density at radius 3 is 2.74 bits per heavy atom. The summed E-state index contributed by atoms with van der Waals surface area (Å²) >= 11 is 0. The molecular weight excluding hydrogens is 262 g/mol. The topological polar surface area (TPSA) is 69.4 Å². The largest absolute Gasteiger partial charge is 0.380 e. The zero-order valence-corrected chi connectivity index (χ0v) is 11.9. The lowest BCUT2D eigenvalue weighted by Crippen LogP contribution is -2.13. The molecule has 0 aromatic heterocycles. The summed E-state index contributed by atoms with van der Waals surface area (Å²) in [5.41, 5.74) is 6.35. The Bertz CT molecular complexity index is 509. The fraction of sp³-hybridized carbons (Fsp3) is 0.571. The smallest absolute Gasteiger partial charge is 0.180 e. The van der Waals surface area contributed by atoms with Crippen LogP contribution >= 0.6 is 0 Å². The van der Waals surface area contributed by atoms with Crippen LogP contribution in [0.5, 0.6) is 0 Å². The highest BCUT2D eigenvalue weighted by Crippen LogP contribution is 2.32. The lowest BCUT2D eigenvalue weighted by atomic mass is 10.2. The molecule has 0 heterocycles. The first-order valence-corrected chi connectivity index (χ1v) is 8.36. The molecule has 1 saturated carbocycles.